The molecule has 1 aromatic carbocycles. The van der Waals surface area contributed by atoms with E-state index in [1.165, 1.54) is 40.9 Å². The van der Waals surface area contributed by atoms with Gasteiger partial charge in [0.05, 0.1) is 27.5 Å². The summed E-state index contributed by atoms with van der Waals surface area (Å²) in [7, 11) is 0. The molecule has 9 heteroatoms. The largest absolute Gasteiger partial charge is 0.458 e. The van der Waals surface area contributed by atoms with Crippen LogP contribution in [-0.4, -0.2) is 38.7 Å². The van der Waals surface area contributed by atoms with Gasteiger partial charge in [0.15, 0.2) is 5.17 Å². The number of benzene rings is 1. The van der Waals surface area contributed by atoms with Gasteiger partial charge in [-0.25, -0.2) is 9.79 Å². The van der Waals surface area contributed by atoms with Gasteiger partial charge >= 0.3 is 5.97 Å². The van der Waals surface area contributed by atoms with Crippen LogP contribution in [0.3, 0.4) is 0 Å². The van der Waals surface area contributed by atoms with Gasteiger partial charge in [-0.2, -0.15) is 0 Å². The van der Waals surface area contributed by atoms with Crippen molar-refractivity contribution in [2.45, 2.75) is 31.6 Å². The molecule has 1 amide bonds. The monoisotopic (exact) mass is 401 g/mol. The highest BCUT2D eigenvalue weighted by Crippen LogP contribution is 2.44. The molecule has 2 heterocycles. The first-order chi connectivity index (χ1) is 13.4. The molecule has 0 aliphatic carbocycles. The molecule has 0 aromatic heterocycles. The standard InChI is InChI=1S/C19H19N3O5S/c1-4-9-27-18(24)15-11(3)20-19-21(17(23)14(5-2)28-19)16(15)12-7-6-8-13(10-12)22(25)26/h4,6-8,10,14,16H,1,5,9H2,2-3H3/t14-,16-/m0/s1. The molecule has 1 fully saturated rings. The van der Waals surface area contributed by atoms with Crippen LogP contribution in [-0.2, 0) is 14.3 Å². The smallest absolute Gasteiger partial charge is 0.338 e. The molecule has 2 aliphatic rings. The van der Waals surface area contributed by atoms with Crippen molar-refractivity contribution in [1.82, 2.24) is 4.90 Å². The second-order valence-electron chi connectivity index (χ2n) is 6.26. The number of nitro groups is 1. The van der Waals surface area contributed by atoms with E-state index in [2.05, 4.69) is 11.6 Å². The average Bonchev–Trinajstić information content (AvgIpc) is 3.00. The predicted octanol–water partition coefficient (Wildman–Crippen LogP) is 3.36. The molecule has 0 saturated carbocycles. The maximum Gasteiger partial charge on any atom is 0.338 e. The van der Waals surface area contributed by atoms with E-state index in [0.717, 1.165) is 0 Å². The van der Waals surface area contributed by atoms with Crippen LogP contribution in [0, 0.1) is 10.1 Å². The number of thioether (sulfide) groups is 1. The van der Waals surface area contributed by atoms with Crippen molar-refractivity contribution < 1.29 is 19.2 Å². The lowest BCUT2D eigenvalue weighted by atomic mass is 9.94. The summed E-state index contributed by atoms with van der Waals surface area (Å²) < 4.78 is 5.20. The molecule has 28 heavy (non-hydrogen) atoms. The number of fused-ring (bicyclic) bond motifs is 1. The summed E-state index contributed by atoms with van der Waals surface area (Å²) in [6, 6.07) is 5.10. The molecule has 0 radical (unpaired) electrons. The number of aliphatic imine (C=N–C) groups is 1. The third-order valence-corrected chi connectivity index (χ3v) is 5.79. The second kappa shape index (κ2) is 7.97. The number of non-ortho nitro benzene ring substituents is 1. The lowest BCUT2D eigenvalue weighted by Gasteiger charge is -2.32. The summed E-state index contributed by atoms with van der Waals surface area (Å²) in [6.45, 7) is 7.11. The summed E-state index contributed by atoms with van der Waals surface area (Å²) in [5, 5.41) is 11.4. The zero-order valence-electron chi connectivity index (χ0n) is 15.5. The Morgan fingerprint density at radius 3 is 2.89 bits per heavy atom. The van der Waals surface area contributed by atoms with E-state index >= 15 is 0 Å². The van der Waals surface area contributed by atoms with E-state index in [1.807, 2.05) is 6.92 Å². The summed E-state index contributed by atoms with van der Waals surface area (Å²) >= 11 is 1.34. The summed E-state index contributed by atoms with van der Waals surface area (Å²) in [6.07, 6.45) is 2.05. The first-order valence-corrected chi connectivity index (χ1v) is 9.58. The van der Waals surface area contributed by atoms with E-state index in [-0.39, 0.29) is 29.0 Å². The van der Waals surface area contributed by atoms with Crippen molar-refractivity contribution in [3.63, 3.8) is 0 Å². The molecule has 8 nitrogen and oxygen atoms in total. The Labute approximate surface area is 166 Å². The van der Waals surface area contributed by atoms with Crippen molar-refractivity contribution in [2.24, 2.45) is 4.99 Å². The van der Waals surface area contributed by atoms with E-state index in [9.17, 15) is 19.7 Å². The molecular formula is C19H19N3O5S. The highest BCUT2D eigenvalue weighted by molar-refractivity contribution is 8.15. The van der Waals surface area contributed by atoms with Crippen molar-refractivity contribution in [1.29, 1.82) is 0 Å². The Morgan fingerprint density at radius 1 is 1.50 bits per heavy atom. The lowest BCUT2D eigenvalue weighted by Crippen LogP contribution is -2.40. The zero-order valence-corrected chi connectivity index (χ0v) is 16.3. The Bertz CT molecular complexity index is 924. The number of rotatable bonds is 6. The molecule has 2 aliphatic heterocycles. The first kappa shape index (κ1) is 19.8. The molecule has 0 unspecified atom stereocenters. The quantitative estimate of drug-likeness (QED) is 0.313. The number of esters is 1. The van der Waals surface area contributed by atoms with E-state index in [0.29, 0.717) is 22.8 Å². The molecular weight excluding hydrogens is 382 g/mol. The fourth-order valence-electron chi connectivity index (χ4n) is 3.19. The molecule has 3 rings (SSSR count). The van der Waals surface area contributed by atoms with Crippen LogP contribution in [0.5, 0.6) is 0 Å². The number of hydrogen-bond acceptors (Lipinski definition) is 7. The Morgan fingerprint density at radius 2 is 2.25 bits per heavy atom. The number of nitrogens with zero attached hydrogens (tertiary/aromatic N) is 3. The van der Waals surface area contributed by atoms with Crippen LogP contribution in [0.4, 0.5) is 5.69 Å². The first-order valence-electron chi connectivity index (χ1n) is 8.70. The number of carbonyl (C=O) groups is 2. The molecule has 1 aromatic rings. The molecule has 0 bridgehead atoms. The van der Waals surface area contributed by atoms with E-state index in [1.54, 1.807) is 13.0 Å². The number of amides is 1. The summed E-state index contributed by atoms with van der Waals surface area (Å²) in [4.78, 5) is 42.3. The van der Waals surface area contributed by atoms with Crippen LogP contribution in [0.25, 0.3) is 0 Å². The number of carbonyl (C=O) groups excluding carboxylic acids is 2. The van der Waals surface area contributed by atoms with Gasteiger partial charge in [-0.1, -0.05) is 43.5 Å². The molecule has 1 saturated heterocycles. The topological polar surface area (TPSA) is 102 Å². The number of ether oxygens (including phenoxy) is 1. The van der Waals surface area contributed by atoms with Gasteiger partial charge in [0.25, 0.3) is 5.69 Å². The summed E-state index contributed by atoms with van der Waals surface area (Å²) in [5.41, 5.74) is 0.951. The minimum absolute atomic E-state index is 0.00806. The highest BCUT2D eigenvalue weighted by atomic mass is 32.2. The zero-order chi connectivity index (χ0) is 20.4. The summed E-state index contributed by atoms with van der Waals surface area (Å²) in [5.74, 6) is -0.807. The number of hydrogen-bond donors (Lipinski definition) is 0. The van der Waals surface area contributed by atoms with Crippen LogP contribution < -0.4 is 0 Å². The normalized spacial score (nSPS) is 21.3. The minimum Gasteiger partial charge on any atom is -0.458 e. The van der Waals surface area contributed by atoms with Crippen molar-refractivity contribution in [3.8, 4) is 0 Å². The lowest BCUT2D eigenvalue weighted by molar-refractivity contribution is -0.384. The number of nitro benzene ring substituents is 1. The van der Waals surface area contributed by atoms with Gasteiger partial charge in [-0.15, -0.1) is 0 Å². The van der Waals surface area contributed by atoms with E-state index in [4.69, 9.17) is 4.74 Å². The van der Waals surface area contributed by atoms with Gasteiger partial charge in [0.1, 0.15) is 6.61 Å². The van der Waals surface area contributed by atoms with Crippen molar-refractivity contribution >= 4 is 34.5 Å². The van der Waals surface area contributed by atoms with Crippen LogP contribution >= 0.6 is 11.8 Å². The van der Waals surface area contributed by atoms with Gasteiger partial charge in [-0.05, 0) is 18.9 Å². The Hall–Kier alpha value is -2.94. The molecule has 0 N–H and O–H groups in total. The van der Waals surface area contributed by atoms with E-state index < -0.39 is 16.9 Å². The number of allylic oxidation sites excluding steroid dienone is 1. The van der Waals surface area contributed by atoms with Crippen LogP contribution in [0.1, 0.15) is 31.9 Å². The van der Waals surface area contributed by atoms with Crippen LogP contribution in [0.2, 0.25) is 0 Å². The Balaban J connectivity index is 2.14. The van der Waals surface area contributed by atoms with Gasteiger partial charge < -0.3 is 4.74 Å². The second-order valence-corrected chi connectivity index (χ2v) is 7.43. The van der Waals surface area contributed by atoms with Gasteiger partial charge in [-0.3, -0.25) is 19.8 Å². The third kappa shape index (κ3) is 3.45. The third-order valence-electron chi connectivity index (χ3n) is 4.47. The number of amidine groups is 1. The minimum atomic E-state index is -0.832. The fourth-order valence-corrected chi connectivity index (χ4v) is 4.32. The van der Waals surface area contributed by atoms with Crippen LogP contribution in [0.15, 0.2) is 53.2 Å². The Kier molecular flexibility index (Phi) is 5.64. The predicted molar refractivity (Wildman–Crippen MR) is 106 cm³/mol. The SMILES string of the molecule is C=CCOC(=O)C1=C(C)N=C2S[C@@H](CC)C(=O)N2[C@H]1c1cccc([N+](=O)[O-])c1. The molecule has 2 atom stereocenters. The molecule has 0 spiro atoms. The van der Waals surface area contributed by atoms with Gasteiger partial charge in [0, 0.05) is 12.1 Å². The van der Waals surface area contributed by atoms with Gasteiger partial charge in [0.2, 0.25) is 5.91 Å². The van der Waals surface area contributed by atoms with Crippen molar-refractivity contribution in [2.75, 3.05) is 6.61 Å². The highest BCUT2D eigenvalue weighted by Gasteiger charge is 2.47. The average molecular weight is 401 g/mol. The van der Waals surface area contributed by atoms with Crippen molar-refractivity contribution in [3.05, 3.63) is 63.9 Å². The fraction of sp³-hybridized carbons (Fsp3) is 0.316. The maximum atomic E-state index is 13.0. The maximum absolute atomic E-state index is 13.0. The molecule has 146 valence electrons.